The minimum Gasteiger partial charge on any atom is -0.361 e. The van der Waals surface area contributed by atoms with E-state index in [0.29, 0.717) is 37.3 Å². The van der Waals surface area contributed by atoms with E-state index in [2.05, 4.69) is 15.3 Å². The summed E-state index contributed by atoms with van der Waals surface area (Å²) in [5.74, 6) is 0.650. The van der Waals surface area contributed by atoms with Gasteiger partial charge < -0.3 is 15.2 Å². The first kappa shape index (κ1) is 14.0. The smallest absolute Gasteiger partial charge is 0.253 e. The lowest BCUT2D eigenvalue weighted by atomic mass is 9.87. The number of nitrogens with one attached hydrogen (secondary N) is 2. The molecular formula is C17H18N4O2. The maximum absolute atomic E-state index is 12.7. The maximum Gasteiger partial charge on any atom is 0.253 e. The Kier molecular flexibility index (Phi) is 3.01. The van der Waals surface area contributed by atoms with E-state index in [1.54, 1.807) is 6.92 Å². The number of amides is 2. The van der Waals surface area contributed by atoms with E-state index >= 15 is 0 Å². The van der Waals surface area contributed by atoms with Crippen LogP contribution in [0.25, 0.3) is 10.9 Å². The van der Waals surface area contributed by atoms with Crippen LogP contribution in [0.15, 0.2) is 35.5 Å². The number of likely N-dealkylation sites (tertiary alicyclic amines) is 1. The molecule has 2 aliphatic rings. The molecule has 2 aromatic rings. The minimum atomic E-state index is -0.662. The Balaban J connectivity index is 1.51. The van der Waals surface area contributed by atoms with Gasteiger partial charge >= 0.3 is 0 Å². The number of carbonyl (C=O) groups is 2. The molecule has 0 saturated carbocycles. The standard InChI is InChI=1S/C17H18N4O2/c1-11-19-16(23)17(20-11)5-8-21(9-6-17)15(22)13-3-2-12-4-7-18-14(12)10-13/h2-4,7,10,18H,5-6,8-9H2,1H3,(H,19,20,23). The highest BCUT2D eigenvalue weighted by atomic mass is 16.2. The number of aromatic amines is 1. The highest BCUT2D eigenvalue weighted by Gasteiger charge is 2.45. The van der Waals surface area contributed by atoms with Crippen LogP contribution >= 0.6 is 0 Å². The van der Waals surface area contributed by atoms with Gasteiger partial charge in [0.15, 0.2) is 0 Å². The highest BCUT2D eigenvalue weighted by molar-refractivity contribution is 6.07. The molecule has 23 heavy (non-hydrogen) atoms. The molecule has 0 radical (unpaired) electrons. The summed E-state index contributed by atoms with van der Waals surface area (Å²) in [6.07, 6.45) is 3.02. The number of aromatic nitrogens is 1. The lowest BCUT2D eigenvalue weighted by Crippen LogP contribution is -2.50. The van der Waals surface area contributed by atoms with Crippen molar-refractivity contribution in [2.75, 3.05) is 13.1 Å². The predicted molar refractivity (Wildman–Crippen MR) is 87.4 cm³/mol. The first-order valence-electron chi connectivity index (χ1n) is 7.82. The third-order valence-electron chi connectivity index (χ3n) is 4.78. The van der Waals surface area contributed by atoms with Crippen LogP contribution in [0, 0.1) is 0 Å². The highest BCUT2D eigenvalue weighted by Crippen LogP contribution is 2.30. The second-order valence-corrected chi connectivity index (χ2v) is 6.25. The summed E-state index contributed by atoms with van der Waals surface area (Å²) < 4.78 is 0. The monoisotopic (exact) mass is 310 g/mol. The van der Waals surface area contributed by atoms with E-state index in [1.807, 2.05) is 35.4 Å². The molecule has 6 heteroatoms. The van der Waals surface area contributed by atoms with Gasteiger partial charge in [0, 0.05) is 30.4 Å². The zero-order valence-electron chi connectivity index (χ0n) is 12.9. The quantitative estimate of drug-likeness (QED) is 0.841. The molecule has 4 rings (SSSR count). The van der Waals surface area contributed by atoms with Crippen molar-refractivity contribution in [3.05, 3.63) is 36.0 Å². The Labute approximate surface area is 133 Å². The molecule has 2 N–H and O–H groups in total. The zero-order valence-corrected chi connectivity index (χ0v) is 12.9. The van der Waals surface area contributed by atoms with Gasteiger partial charge in [-0.2, -0.15) is 0 Å². The van der Waals surface area contributed by atoms with E-state index in [9.17, 15) is 9.59 Å². The second kappa shape index (κ2) is 4.94. The van der Waals surface area contributed by atoms with Crippen LogP contribution in [0.1, 0.15) is 30.1 Å². The summed E-state index contributed by atoms with van der Waals surface area (Å²) in [6.45, 7) is 2.90. The van der Waals surface area contributed by atoms with Crippen molar-refractivity contribution >= 4 is 28.6 Å². The van der Waals surface area contributed by atoms with Gasteiger partial charge in [0.25, 0.3) is 11.8 Å². The molecule has 1 aromatic carbocycles. The van der Waals surface area contributed by atoms with Crippen LogP contribution in [0.4, 0.5) is 0 Å². The van der Waals surface area contributed by atoms with Crippen molar-refractivity contribution in [2.24, 2.45) is 4.99 Å². The van der Waals surface area contributed by atoms with Crippen molar-refractivity contribution in [1.82, 2.24) is 15.2 Å². The molecule has 0 atom stereocenters. The Morgan fingerprint density at radius 3 is 2.74 bits per heavy atom. The number of benzene rings is 1. The van der Waals surface area contributed by atoms with Crippen molar-refractivity contribution in [3.8, 4) is 0 Å². The summed E-state index contributed by atoms with van der Waals surface area (Å²) in [7, 11) is 0. The molecule has 6 nitrogen and oxygen atoms in total. The van der Waals surface area contributed by atoms with Gasteiger partial charge in [0.05, 0.1) is 0 Å². The normalized spacial score (nSPS) is 20.0. The number of fused-ring (bicyclic) bond motifs is 1. The summed E-state index contributed by atoms with van der Waals surface area (Å²) in [5, 5.41) is 3.86. The van der Waals surface area contributed by atoms with E-state index in [0.717, 1.165) is 10.9 Å². The topological polar surface area (TPSA) is 77.6 Å². The van der Waals surface area contributed by atoms with E-state index in [-0.39, 0.29) is 11.8 Å². The van der Waals surface area contributed by atoms with Crippen LogP contribution in [0.5, 0.6) is 0 Å². The first-order valence-corrected chi connectivity index (χ1v) is 7.82. The number of carbonyl (C=O) groups excluding carboxylic acids is 2. The van der Waals surface area contributed by atoms with Crippen LogP contribution in [0.2, 0.25) is 0 Å². The van der Waals surface area contributed by atoms with Crippen LogP contribution in [0.3, 0.4) is 0 Å². The number of hydrogen-bond donors (Lipinski definition) is 2. The van der Waals surface area contributed by atoms with E-state index in [4.69, 9.17) is 0 Å². The summed E-state index contributed by atoms with van der Waals surface area (Å²) in [6, 6.07) is 7.66. The number of aliphatic imine (C=N–C) groups is 1. The number of hydrogen-bond acceptors (Lipinski definition) is 3. The van der Waals surface area contributed by atoms with Crippen LogP contribution in [-0.4, -0.2) is 46.2 Å². The zero-order chi connectivity index (χ0) is 16.0. The minimum absolute atomic E-state index is 0.00968. The number of nitrogens with zero attached hydrogens (tertiary/aromatic N) is 2. The van der Waals surface area contributed by atoms with Gasteiger partial charge in [-0.05, 0) is 43.4 Å². The summed E-state index contributed by atoms with van der Waals surface area (Å²) in [5.41, 5.74) is 0.968. The van der Waals surface area contributed by atoms with Gasteiger partial charge in [-0.25, -0.2) is 0 Å². The number of H-pyrrole nitrogens is 1. The van der Waals surface area contributed by atoms with Crippen molar-refractivity contribution in [1.29, 1.82) is 0 Å². The fourth-order valence-electron chi connectivity index (χ4n) is 3.46. The Bertz CT molecular complexity index is 828. The molecular weight excluding hydrogens is 292 g/mol. The SMILES string of the molecule is CC1=NC2(CCN(C(=O)c3ccc4cc[nH]c4c3)CC2)C(=O)N1. The third-order valence-corrected chi connectivity index (χ3v) is 4.78. The van der Waals surface area contributed by atoms with Gasteiger partial charge in [-0.15, -0.1) is 0 Å². The molecule has 0 unspecified atom stereocenters. The van der Waals surface area contributed by atoms with E-state index in [1.165, 1.54) is 0 Å². The molecule has 1 saturated heterocycles. The van der Waals surface area contributed by atoms with Gasteiger partial charge in [-0.3, -0.25) is 14.6 Å². The largest absolute Gasteiger partial charge is 0.361 e. The number of rotatable bonds is 1. The lowest BCUT2D eigenvalue weighted by molar-refractivity contribution is -0.125. The molecule has 2 amide bonds. The average Bonchev–Trinajstić information content (AvgIpc) is 3.11. The second-order valence-electron chi connectivity index (χ2n) is 6.25. The number of piperidine rings is 1. The van der Waals surface area contributed by atoms with E-state index < -0.39 is 5.54 Å². The van der Waals surface area contributed by atoms with Gasteiger partial charge in [-0.1, -0.05) is 6.07 Å². The fraction of sp³-hybridized carbons (Fsp3) is 0.353. The van der Waals surface area contributed by atoms with Gasteiger partial charge in [0.1, 0.15) is 11.4 Å². The molecule has 0 aliphatic carbocycles. The molecule has 2 aliphatic heterocycles. The number of amidine groups is 1. The molecule has 118 valence electrons. The van der Waals surface area contributed by atoms with Crippen molar-refractivity contribution < 1.29 is 9.59 Å². The molecule has 1 spiro atoms. The fourth-order valence-corrected chi connectivity index (χ4v) is 3.46. The Hall–Kier alpha value is -2.63. The summed E-state index contributed by atoms with van der Waals surface area (Å²) in [4.78, 5) is 34.2. The van der Waals surface area contributed by atoms with Crippen molar-refractivity contribution in [2.45, 2.75) is 25.3 Å². The van der Waals surface area contributed by atoms with Crippen LogP contribution < -0.4 is 5.32 Å². The molecule has 1 fully saturated rings. The molecule has 1 aromatic heterocycles. The van der Waals surface area contributed by atoms with Gasteiger partial charge in [0.2, 0.25) is 0 Å². The molecule has 0 bridgehead atoms. The maximum atomic E-state index is 12.7. The first-order chi connectivity index (χ1) is 11.1. The Morgan fingerprint density at radius 2 is 2.04 bits per heavy atom. The molecule has 3 heterocycles. The predicted octanol–water partition coefficient (Wildman–Crippen LogP) is 1.69. The van der Waals surface area contributed by atoms with Crippen molar-refractivity contribution in [3.63, 3.8) is 0 Å². The van der Waals surface area contributed by atoms with Crippen LogP contribution in [-0.2, 0) is 4.79 Å². The Morgan fingerprint density at radius 1 is 1.26 bits per heavy atom. The average molecular weight is 310 g/mol. The third kappa shape index (κ3) is 2.21. The lowest BCUT2D eigenvalue weighted by Gasteiger charge is -2.35. The summed E-state index contributed by atoms with van der Waals surface area (Å²) >= 11 is 0.